The van der Waals surface area contributed by atoms with Crippen LogP contribution < -0.4 is 5.32 Å². The SMILES string of the molecule is CCCNc1ccc(CN2CC3CCCC3C2)cn1. The molecule has 1 aromatic rings. The van der Waals surface area contributed by atoms with Crippen LogP contribution in [0.3, 0.4) is 0 Å². The van der Waals surface area contributed by atoms with Crippen molar-refractivity contribution in [3.05, 3.63) is 23.9 Å². The lowest BCUT2D eigenvalue weighted by Gasteiger charge is -2.16. The number of nitrogens with zero attached hydrogens (tertiary/aromatic N) is 2. The van der Waals surface area contributed by atoms with Gasteiger partial charge in [-0.1, -0.05) is 19.4 Å². The van der Waals surface area contributed by atoms with E-state index in [9.17, 15) is 0 Å². The Morgan fingerprint density at radius 1 is 1.26 bits per heavy atom. The van der Waals surface area contributed by atoms with Crippen LogP contribution in [0.2, 0.25) is 0 Å². The molecule has 0 bridgehead atoms. The highest BCUT2D eigenvalue weighted by Gasteiger charge is 2.35. The van der Waals surface area contributed by atoms with Crippen molar-refractivity contribution < 1.29 is 0 Å². The topological polar surface area (TPSA) is 28.2 Å². The zero-order chi connectivity index (χ0) is 13.1. The summed E-state index contributed by atoms with van der Waals surface area (Å²) in [6.07, 6.45) is 7.55. The van der Waals surface area contributed by atoms with E-state index >= 15 is 0 Å². The van der Waals surface area contributed by atoms with Crippen LogP contribution in [0.1, 0.15) is 38.2 Å². The molecule has 0 amide bonds. The molecule has 2 unspecified atom stereocenters. The van der Waals surface area contributed by atoms with Gasteiger partial charge < -0.3 is 5.32 Å². The summed E-state index contributed by atoms with van der Waals surface area (Å²) < 4.78 is 0. The smallest absolute Gasteiger partial charge is 0.125 e. The molecule has 0 spiro atoms. The largest absolute Gasteiger partial charge is 0.370 e. The molecule has 1 aliphatic carbocycles. The number of hydrogen-bond acceptors (Lipinski definition) is 3. The molecule has 0 aromatic carbocycles. The summed E-state index contributed by atoms with van der Waals surface area (Å²) in [5, 5.41) is 3.32. The minimum absolute atomic E-state index is 0.985. The Balaban J connectivity index is 1.52. The molecule has 3 heteroatoms. The summed E-state index contributed by atoms with van der Waals surface area (Å²) in [4.78, 5) is 7.11. The first-order chi connectivity index (χ1) is 9.35. The van der Waals surface area contributed by atoms with Crippen LogP contribution in [-0.2, 0) is 6.54 Å². The summed E-state index contributed by atoms with van der Waals surface area (Å²) >= 11 is 0. The van der Waals surface area contributed by atoms with Gasteiger partial charge in [0.2, 0.25) is 0 Å². The lowest BCUT2D eigenvalue weighted by atomic mass is 10.0. The van der Waals surface area contributed by atoms with E-state index in [0.29, 0.717) is 0 Å². The predicted octanol–water partition coefficient (Wildman–Crippen LogP) is 3.14. The van der Waals surface area contributed by atoms with Crippen molar-refractivity contribution in [3.8, 4) is 0 Å². The maximum absolute atomic E-state index is 4.49. The quantitative estimate of drug-likeness (QED) is 0.880. The molecule has 2 heterocycles. The first-order valence-corrected chi connectivity index (χ1v) is 7.76. The maximum Gasteiger partial charge on any atom is 0.125 e. The molecular weight excluding hydrogens is 234 g/mol. The van der Waals surface area contributed by atoms with Crippen LogP contribution in [0, 0.1) is 11.8 Å². The molecule has 19 heavy (non-hydrogen) atoms. The molecule has 0 radical (unpaired) electrons. The molecule has 2 fully saturated rings. The summed E-state index contributed by atoms with van der Waals surface area (Å²) in [5.74, 6) is 2.97. The van der Waals surface area contributed by atoms with Crippen LogP contribution in [0.5, 0.6) is 0 Å². The number of nitrogens with one attached hydrogen (secondary N) is 1. The molecule has 3 nitrogen and oxygen atoms in total. The van der Waals surface area contributed by atoms with Gasteiger partial charge in [-0.05, 0) is 42.7 Å². The number of hydrogen-bond donors (Lipinski definition) is 1. The Morgan fingerprint density at radius 3 is 2.68 bits per heavy atom. The number of rotatable bonds is 5. The fourth-order valence-corrected chi connectivity index (χ4v) is 3.60. The monoisotopic (exact) mass is 259 g/mol. The van der Waals surface area contributed by atoms with E-state index in [2.05, 4.69) is 34.3 Å². The van der Waals surface area contributed by atoms with Gasteiger partial charge >= 0.3 is 0 Å². The molecule has 1 saturated heterocycles. The van der Waals surface area contributed by atoms with Gasteiger partial charge in [0, 0.05) is 32.4 Å². The van der Waals surface area contributed by atoms with Gasteiger partial charge in [0.15, 0.2) is 0 Å². The first kappa shape index (κ1) is 12.9. The molecule has 1 aromatic heterocycles. The van der Waals surface area contributed by atoms with Crippen molar-refractivity contribution >= 4 is 5.82 Å². The van der Waals surface area contributed by atoms with Crippen LogP contribution in [0.15, 0.2) is 18.3 Å². The molecule has 1 N–H and O–H groups in total. The summed E-state index contributed by atoms with van der Waals surface area (Å²) in [6.45, 7) is 6.86. The van der Waals surface area contributed by atoms with E-state index in [0.717, 1.165) is 37.2 Å². The Hall–Kier alpha value is -1.09. The second kappa shape index (κ2) is 5.91. The molecule has 1 saturated carbocycles. The third-order valence-corrected chi connectivity index (χ3v) is 4.59. The van der Waals surface area contributed by atoms with E-state index in [1.807, 2.05) is 6.20 Å². The zero-order valence-corrected chi connectivity index (χ0v) is 11.9. The van der Waals surface area contributed by atoms with Crippen LogP contribution >= 0.6 is 0 Å². The van der Waals surface area contributed by atoms with Gasteiger partial charge in [0.25, 0.3) is 0 Å². The second-order valence-electron chi connectivity index (χ2n) is 6.12. The van der Waals surface area contributed by atoms with Gasteiger partial charge in [-0.3, -0.25) is 4.90 Å². The molecule has 2 aliphatic rings. The zero-order valence-electron chi connectivity index (χ0n) is 11.9. The minimum atomic E-state index is 0.985. The molecule has 2 atom stereocenters. The molecule has 104 valence electrons. The fraction of sp³-hybridized carbons (Fsp3) is 0.688. The van der Waals surface area contributed by atoms with Gasteiger partial charge in [-0.2, -0.15) is 0 Å². The lowest BCUT2D eigenvalue weighted by molar-refractivity contribution is 0.303. The summed E-state index contributed by atoms with van der Waals surface area (Å²) in [5.41, 5.74) is 1.35. The Labute approximate surface area is 116 Å². The van der Waals surface area contributed by atoms with Gasteiger partial charge in [0.1, 0.15) is 5.82 Å². The van der Waals surface area contributed by atoms with Crippen molar-refractivity contribution in [2.75, 3.05) is 25.0 Å². The standard InChI is InChI=1S/C16H25N3/c1-2-8-17-16-7-6-13(9-18-16)10-19-11-14-4-3-5-15(14)12-19/h6-7,9,14-15H,2-5,8,10-12H2,1H3,(H,17,18). The van der Waals surface area contributed by atoms with Crippen molar-refractivity contribution in [2.24, 2.45) is 11.8 Å². The number of likely N-dealkylation sites (tertiary alicyclic amines) is 1. The summed E-state index contributed by atoms with van der Waals surface area (Å²) in [6, 6.07) is 4.33. The number of aromatic nitrogens is 1. The summed E-state index contributed by atoms with van der Waals surface area (Å²) in [7, 11) is 0. The third-order valence-electron chi connectivity index (χ3n) is 4.59. The molecular formula is C16H25N3. The van der Waals surface area contributed by atoms with Gasteiger partial charge in [-0.15, -0.1) is 0 Å². The van der Waals surface area contributed by atoms with E-state index in [-0.39, 0.29) is 0 Å². The number of pyridine rings is 1. The average molecular weight is 259 g/mol. The minimum Gasteiger partial charge on any atom is -0.370 e. The van der Waals surface area contributed by atoms with Crippen molar-refractivity contribution in [1.29, 1.82) is 0 Å². The van der Waals surface area contributed by atoms with Crippen LogP contribution in [0.4, 0.5) is 5.82 Å². The Bertz CT molecular complexity index is 389. The van der Waals surface area contributed by atoms with Gasteiger partial charge in [0.05, 0.1) is 0 Å². The number of fused-ring (bicyclic) bond motifs is 1. The van der Waals surface area contributed by atoms with Crippen molar-refractivity contribution in [2.45, 2.75) is 39.2 Å². The normalized spacial score (nSPS) is 26.6. The van der Waals surface area contributed by atoms with Crippen molar-refractivity contribution in [3.63, 3.8) is 0 Å². The van der Waals surface area contributed by atoms with E-state index in [4.69, 9.17) is 0 Å². The second-order valence-corrected chi connectivity index (χ2v) is 6.12. The third kappa shape index (κ3) is 3.08. The fourth-order valence-electron chi connectivity index (χ4n) is 3.60. The lowest BCUT2D eigenvalue weighted by Crippen LogP contribution is -2.21. The predicted molar refractivity (Wildman–Crippen MR) is 79.1 cm³/mol. The number of anilines is 1. The Morgan fingerprint density at radius 2 is 2.05 bits per heavy atom. The van der Waals surface area contributed by atoms with E-state index < -0.39 is 0 Å². The molecule has 1 aliphatic heterocycles. The van der Waals surface area contributed by atoms with E-state index in [1.165, 1.54) is 37.9 Å². The van der Waals surface area contributed by atoms with Crippen LogP contribution in [0.25, 0.3) is 0 Å². The maximum atomic E-state index is 4.49. The van der Waals surface area contributed by atoms with E-state index in [1.54, 1.807) is 0 Å². The van der Waals surface area contributed by atoms with Gasteiger partial charge in [-0.25, -0.2) is 4.98 Å². The highest BCUT2D eigenvalue weighted by molar-refractivity contribution is 5.35. The molecule has 3 rings (SSSR count). The average Bonchev–Trinajstić information content (AvgIpc) is 2.99. The van der Waals surface area contributed by atoms with Crippen LogP contribution in [-0.4, -0.2) is 29.5 Å². The van der Waals surface area contributed by atoms with Crippen molar-refractivity contribution in [1.82, 2.24) is 9.88 Å². The Kier molecular flexibility index (Phi) is 4.02. The first-order valence-electron chi connectivity index (χ1n) is 7.76. The highest BCUT2D eigenvalue weighted by Crippen LogP contribution is 2.38. The highest BCUT2D eigenvalue weighted by atomic mass is 15.2.